The Morgan fingerprint density at radius 2 is 0.457 bits per heavy atom. The van der Waals surface area contributed by atoms with Crippen molar-refractivity contribution in [2.45, 2.75) is 78.6 Å². The van der Waals surface area contributed by atoms with Gasteiger partial charge in [-0.05, 0) is 194 Å². The molecule has 0 N–H and O–H groups in total. The molecule has 0 saturated carbocycles. The fourth-order valence-electron chi connectivity index (χ4n) is 13.2. The van der Waals surface area contributed by atoms with Crippen molar-refractivity contribution in [2.24, 2.45) is 0 Å². The molecule has 0 aromatic heterocycles. The van der Waals surface area contributed by atoms with Crippen LogP contribution in [0.4, 0.5) is 45.5 Å². The second-order valence-electron chi connectivity index (χ2n) is 25.5. The quantitative estimate of drug-likeness (QED) is 0.0592. The van der Waals surface area contributed by atoms with E-state index in [1.807, 2.05) is 0 Å². The van der Waals surface area contributed by atoms with Crippen LogP contribution in [-0.2, 0) is 38.0 Å². The Balaban J connectivity index is 0.893. The van der Waals surface area contributed by atoms with Gasteiger partial charge >= 0.3 is 0 Å². The second kappa shape index (κ2) is 28.7. The molecule has 0 radical (unpaired) electrons. The van der Waals surface area contributed by atoms with Crippen LogP contribution >= 0.6 is 0 Å². The van der Waals surface area contributed by atoms with Crippen molar-refractivity contribution in [1.82, 2.24) is 0 Å². The number of benzene rings is 13. The van der Waals surface area contributed by atoms with Crippen LogP contribution in [0.3, 0.4) is 0 Å². The van der Waals surface area contributed by atoms with Crippen molar-refractivity contribution in [3.8, 4) is 0 Å². The Kier molecular flexibility index (Phi) is 18.9. The minimum atomic E-state index is -0.549. The molecule has 4 nitrogen and oxygen atoms in total. The first-order valence-corrected chi connectivity index (χ1v) is 33.1. The minimum absolute atomic E-state index is 0.0514. The highest BCUT2D eigenvalue weighted by Gasteiger charge is 2.33. The van der Waals surface area contributed by atoms with Gasteiger partial charge in [-0.3, -0.25) is 0 Å². The van der Waals surface area contributed by atoms with E-state index in [0.29, 0.717) is 0 Å². The highest BCUT2D eigenvalue weighted by molar-refractivity contribution is 5.78. The minimum Gasteiger partial charge on any atom is -0.363 e. The molecule has 13 aromatic carbocycles. The summed E-state index contributed by atoms with van der Waals surface area (Å²) in [5.41, 5.74) is 26.1. The first-order chi connectivity index (χ1) is 46.1. The van der Waals surface area contributed by atoms with E-state index in [4.69, 9.17) is 0 Å². The van der Waals surface area contributed by atoms with Gasteiger partial charge in [0, 0.05) is 83.0 Å². The van der Waals surface area contributed by atoms with Gasteiger partial charge in [0.2, 0.25) is 0 Å². The van der Waals surface area contributed by atoms with E-state index in [2.05, 4.69) is 394 Å². The molecule has 0 aliphatic carbocycles. The van der Waals surface area contributed by atoms with Gasteiger partial charge in [0.25, 0.3) is 0 Å². The van der Waals surface area contributed by atoms with Gasteiger partial charge in [0.1, 0.15) is 0 Å². The van der Waals surface area contributed by atoms with Crippen LogP contribution in [0.15, 0.2) is 340 Å². The van der Waals surface area contributed by atoms with Gasteiger partial charge < -0.3 is 19.6 Å². The third-order valence-corrected chi connectivity index (χ3v) is 18.7. The molecule has 0 saturated heterocycles. The van der Waals surface area contributed by atoms with Crippen LogP contribution < -0.4 is 19.6 Å². The first kappa shape index (κ1) is 61.9. The van der Waals surface area contributed by atoms with E-state index in [9.17, 15) is 0 Å². The molecule has 0 fully saturated rings. The molecule has 0 aliphatic rings. The van der Waals surface area contributed by atoms with Gasteiger partial charge in [-0.2, -0.15) is 0 Å². The largest absolute Gasteiger partial charge is 0.363 e. The van der Waals surface area contributed by atoms with Crippen LogP contribution in [0.1, 0.15) is 90.7 Å². The lowest BCUT2D eigenvalue weighted by atomic mass is 9.70. The lowest BCUT2D eigenvalue weighted by Gasteiger charge is -2.34. The first-order valence-electron chi connectivity index (χ1n) is 33.1. The molecule has 2 unspecified atom stereocenters. The zero-order chi connectivity index (χ0) is 64.2. The summed E-state index contributed by atoms with van der Waals surface area (Å²) < 4.78 is 0. The summed E-state index contributed by atoms with van der Waals surface area (Å²) in [6.07, 6.45) is 0.812. The van der Waals surface area contributed by atoms with Crippen LogP contribution in [0, 0.1) is 27.7 Å². The number of hydrogen-bond acceptors (Lipinski definition) is 4. The molecule has 2 atom stereocenters. The van der Waals surface area contributed by atoms with E-state index >= 15 is 0 Å². The average Bonchev–Trinajstić information content (AvgIpc) is 1.54. The smallest absolute Gasteiger partial charge is 0.0461 e. The molecule has 13 aromatic rings. The summed E-state index contributed by atoms with van der Waals surface area (Å²) in [7, 11) is 0. The van der Waals surface area contributed by atoms with Gasteiger partial charge in [0.15, 0.2) is 0 Å². The highest BCUT2D eigenvalue weighted by Crippen LogP contribution is 2.44. The summed E-state index contributed by atoms with van der Waals surface area (Å²) in [6.45, 7) is 14.2. The molecular formula is C90H82N4. The maximum Gasteiger partial charge on any atom is 0.0461 e. The molecule has 462 valence electrons. The normalized spacial score (nSPS) is 12.1. The summed E-state index contributed by atoms with van der Waals surface area (Å²) in [4.78, 5) is 9.72. The fourth-order valence-corrected chi connectivity index (χ4v) is 13.2. The van der Waals surface area contributed by atoms with Crippen LogP contribution in [-0.4, -0.2) is 0 Å². The maximum absolute atomic E-state index is 2.50. The molecule has 0 heterocycles. The Hall–Kier alpha value is -10.9. The molecular weight excluding hydrogens is 1140 g/mol. The lowest BCUT2D eigenvalue weighted by Crippen LogP contribution is -2.26. The van der Waals surface area contributed by atoms with E-state index < -0.39 is 5.41 Å². The Bertz CT molecular complexity index is 4310. The monoisotopic (exact) mass is 1220 g/mol. The summed E-state index contributed by atoms with van der Waals surface area (Å²) in [5.74, 6) is 0.0514. The number of aryl methyl sites for hydroxylation is 4. The number of hydrogen-bond donors (Lipinski definition) is 0. The van der Waals surface area contributed by atoms with E-state index in [1.165, 1.54) is 89.3 Å². The topological polar surface area (TPSA) is 13.0 Å². The molecule has 13 rings (SSSR count). The predicted molar refractivity (Wildman–Crippen MR) is 397 cm³/mol. The summed E-state index contributed by atoms with van der Waals surface area (Å²) in [5, 5.41) is 0. The predicted octanol–water partition coefficient (Wildman–Crippen LogP) is 23.0. The zero-order valence-electron chi connectivity index (χ0n) is 54.7. The molecule has 0 bridgehead atoms. The summed E-state index contributed by atoms with van der Waals surface area (Å²) in [6, 6.07) is 126. The molecule has 94 heavy (non-hydrogen) atoms. The van der Waals surface area contributed by atoms with Crippen molar-refractivity contribution in [1.29, 1.82) is 0 Å². The van der Waals surface area contributed by atoms with Gasteiger partial charge in [0.05, 0.1) is 0 Å². The van der Waals surface area contributed by atoms with Crippen LogP contribution in [0.2, 0.25) is 0 Å². The van der Waals surface area contributed by atoms with Crippen LogP contribution in [0.5, 0.6) is 0 Å². The van der Waals surface area contributed by atoms with Crippen molar-refractivity contribution in [2.75, 3.05) is 19.6 Å². The fraction of sp³-hybridized carbons (Fsp3) is 0.133. The lowest BCUT2D eigenvalue weighted by molar-refractivity contribution is 0.690. The third-order valence-electron chi connectivity index (χ3n) is 18.7. The Morgan fingerprint density at radius 3 is 0.745 bits per heavy atom. The zero-order valence-corrected chi connectivity index (χ0v) is 54.7. The van der Waals surface area contributed by atoms with E-state index in [0.717, 1.165) is 66.7 Å². The van der Waals surface area contributed by atoms with Gasteiger partial charge in [-0.25, -0.2) is 0 Å². The van der Waals surface area contributed by atoms with Crippen molar-refractivity contribution in [3.05, 3.63) is 418 Å². The molecule has 0 aliphatic heterocycles. The van der Waals surface area contributed by atoms with Crippen molar-refractivity contribution in [3.63, 3.8) is 0 Å². The highest BCUT2D eigenvalue weighted by atomic mass is 15.2. The third kappa shape index (κ3) is 14.5. The van der Waals surface area contributed by atoms with Gasteiger partial charge in [-0.15, -0.1) is 0 Å². The SMILES string of the molecule is Cc1ccc(N(c2ccc(C)cc2)c2ccc(CC(c3ccc(N(Cc4ccccc4)Cc4ccccc4)cc3)c3ccc(C(C)(c4ccc(N(Cc5ccccc5)Cc5ccccc5)cc4)c4ccc(N(c5ccc(C)cc5)c5ccc(C)cc5)cc4)cc3)cc2)cc1. The maximum atomic E-state index is 2.50. The van der Waals surface area contributed by atoms with E-state index in [-0.39, 0.29) is 5.92 Å². The van der Waals surface area contributed by atoms with E-state index in [1.54, 1.807) is 0 Å². The van der Waals surface area contributed by atoms with Gasteiger partial charge in [-0.1, -0.05) is 265 Å². The molecule has 0 amide bonds. The Morgan fingerprint density at radius 1 is 0.234 bits per heavy atom. The van der Waals surface area contributed by atoms with Crippen molar-refractivity contribution < 1.29 is 0 Å². The average molecular weight is 1220 g/mol. The Labute approximate surface area is 558 Å². The molecule has 4 heteroatoms. The number of rotatable bonds is 23. The summed E-state index contributed by atoms with van der Waals surface area (Å²) >= 11 is 0. The second-order valence-corrected chi connectivity index (χ2v) is 25.5. The van der Waals surface area contributed by atoms with Crippen molar-refractivity contribution >= 4 is 45.5 Å². The standard InChI is InChI=1S/C90H82N4/c1-67-26-46-83(47-27-67)93(84-48-28-68(2)29-49-84)87-54-34-71(35-55-87)62-89(77-38-56-81(57-39-77)91(63-72-18-10-6-11-19-72)64-73-20-12-7-13-21-73)76-36-40-78(41-37-76)90(5,79-42-58-82(59-43-79)92(65-74-22-14-8-15-23-74)66-75-24-16-9-17-25-75)80-44-60-88(61-45-80)94(85-50-30-69(3)31-51-85)86-52-32-70(4)33-53-86/h6-61,89H,62-66H2,1-5H3. The number of anilines is 8. The molecule has 0 spiro atoms. The van der Waals surface area contributed by atoms with Crippen LogP contribution in [0.25, 0.3) is 0 Å². The number of nitrogens with zero attached hydrogens (tertiary/aromatic N) is 4.